The lowest BCUT2D eigenvalue weighted by Crippen LogP contribution is -2.52. The highest BCUT2D eigenvalue weighted by Gasteiger charge is 2.54. The lowest BCUT2D eigenvalue weighted by Gasteiger charge is -2.55. The Kier molecular flexibility index (Phi) is 3.48. The van der Waals surface area contributed by atoms with E-state index in [0.29, 0.717) is 4.88 Å². The molecule has 0 spiro atoms. The number of hydrogen-bond donors (Lipinski definition) is 1. The second kappa shape index (κ2) is 5.40. The number of carbonyl (C=O) groups is 1. The van der Waals surface area contributed by atoms with Crippen LogP contribution in [0, 0.1) is 33.3 Å². The van der Waals surface area contributed by atoms with Gasteiger partial charge in [0, 0.05) is 6.07 Å². The molecule has 0 unspecified atom stereocenters. The molecule has 1 aromatic heterocycles. The molecule has 1 N–H and O–H groups in total. The van der Waals surface area contributed by atoms with Gasteiger partial charge in [0.1, 0.15) is 0 Å². The summed E-state index contributed by atoms with van der Waals surface area (Å²) in [4.78, 5) is 23.6. The van der Waals surface area contributed by atoms with Crippen molar-refractivity contribution in [3.63, 3.8) is 0 Å². The molecule has 0 aromatic carbocycles. The highest BCUT2D eigenvalue weighted by atomic mass is 32.1. The molecule has 23 heavy (non-hydrogen) atoms. The normalized spacial score (nSPS) is 34.9. The first-order valence-electron chi connectivity index (χ1n) is 8.12. The summed E-state index contributed by atoms with van der Waals surface area (Å²) in [5.74, 6) is 2.20. The topological polar surface area (TPSA) is 84.6 Å². The Morgan fingerprint density at radius 2 is 1.87 bits per heavy atom. The summed E-state index contributed by atoms with van der Waals surface area (Å²) in [6.45, 7) is 0. The number of thiophene rings is 1. The zero-order chi connectivity index (χ0) is 16.0. The standard InChI is InChI=1S/C16H19N3O3S/c20-15(18-17-9-13-1-2-14(23-13)19(21)22)16-6-10-3-11(7-16)5-12(4-10)8-16/h1-2,9-12H,3-8H2,(H,18,20). The van der Waals surface area contributed by atoms with Crippen molar-refractivity contribution in [2.75, 3.05) is 0 Å². The maximum atomic E-state index is 12.7. The molecule has 4 aliphatic carbocycles. The summed E-state index contributed by atoms with van der Waals surface area (Å²) in [6, 6.07) is 3.09. The Morgan fingerprint density at radius 1 is 1.26 bits per heavy atom. The van der Waals surface area contributed by atoms with Crippen LogP contribution in [0.1, 0.15) is 43.4 Å². The molecule has 4 bridgehead atoms. The van der Waals surface area contributed by atoms with E-state index < -0.39 is 4.92 Å². The summed E-state index contributed by atoms with van der Waals surface area (Å²) in [6.07, 6.45) is 8.41. The van der Waals surface area contributed by atoms with Crippen LogP contribution in [-0.2, 0) is 4.79 Å². The van der Waals surface area contributed by atoms with Crippen molar-refractivity contribution < 1.29 is 9.72 Å². The van der Waals surface area contributed by atoms with E-state index in [1.807, 2.05) is 0 Å². The third kappa shape index (κ3) is 2.67. The molecule has 1 aromatic rings. The first-order chi connectivity index (χ1) is 11.0. The molecule has 122 valence electrons. The average Bonchev–Trinajstić information content (AvgIpc) is 2.95. The number of nitrogens with one attached hydrogen (secondary N) is 1. The van der Waals surface area contributed by atoms with Crippen LogP contribution in [0.3, 0.4) is 0 Å². The molecule has 6 nitrogen and oxygen atoms in total. The van der Waals surface area contributed by atoms with Crippen LogP contribution in [-0.4, -0.2) is 17.0 Å². The first kappa shape index (κ1) is 14.8. The molecule has 7 heteroatoms. The van der Waals surface area contributed by atoms with E-state index in [0.717, 1.165) is 48.4 Å². The second-order valence-corrected chi connectivity index (χ2v) is 8.42. The summed E-state index contributed by atoms with van der Waals surface area (Å²) in [5.41, 5.74) is 2.48. The maximum absolute atomic E-state index is 12.7. The molecular weight excluding hydrogens is 314 g/mol. The van der Waals surface area contributed by atoms with Crippen molar-refractivity contribution in [3.05, 3.63) is 27.1 Å². The fraction of sp³-hybridized carbons (Fsp3) is 0.625. The highest BCUT2D eigenvalue weighted by Crippen LogP contribution is 2.60. The SMILES string of the molecule is O=C(NN=Cc1ccc([N+](=O)[O-])s1)C12CC3CC(CC(C3)C1)C2. The lowest BCUT2D eigenvalue weighted by atomic mass is 9.49. The second-order valence-electron chi connectivity index (χ2n) is 7.33. The smallest absolute Gasteiger partial charge is 0.273 e. The Morgan fingerprint density at radius 3 is 2.39 bits per heavy atom. The quantitative estimate of drug-likeness (QED) is 0.521. The molecule has 5 rings (SSSR count). The Labute approximate surface area is 138 Å². The van der Waals surface area contributed by atoms with Gasteiger partial charge in [-0.2, -0.15) is 5.10 Å². The van der Waals surface area contributed by atoms with Gasteiger partial charge in [0.25, 0.3) is 0 Å². The minimum atomic E-state index is -0.421. The van der Waals surface area contributed by atoms with Crippen LogP contribution < -0.4 is 5.43 Å². The number of carbonyl (C=O) groups excluding carboxylic acids is 1. The average molecular weight is 333 g/mol. The third-order valence-corrected chi connectivity index (χ3v) is 6.64. The number of hydrazone groups is 1. The van der Waals surface area contributed by atoms with Crippen molar-refractivity contribution in [2.24, 2.45) is 28.3 Å². The summed E-state index contributed by atoms with van der Waals surface area (Å²) >= 11 is 1.05. The summed E-state index contributed by atoms with van der Waals surface area (Å²) in [5, 5.41) is 14.8. The number of amides is 1. The van der Waals surface area contributed by atoms with Crippen LogP contribution in [0.2, 0.25) is 0 Å². The fourth-order valence-electron chi connectivity index (χ4n) is 5.17. The van der Waals surface area contributed by atoms with Crippen LogP contribution in [0.5, 0.6) is 0 Å². The Bertz CT molecular complexity index is 647. The minimum absolute atomic E-state index is 0.0407. The number of hydrogen-bond acceptors (Lipinski definition) is 5. The van der Waals surface area contributed by atoms with Gasteiger partial charge in [-0.1, -0.05) is 11.3 Å². The zero-order valence-electron chi connectivity index (χ0n) is 12.7. The molecule has 4 fully saturated rings. The molecule has 0 atom stereocenters. The third-order valence-electron chi connectivity index (χ3n) is 5.67. The molecule has 1 amide bonds. The number of nitrogens with zero attached hydrogens (tertiary/aromatic N) is 2. The Balaban J connectivity index is 1.42. The summed E-state index contributed by atoms with van der Waals surface area (Å²) in [7, 11) is 0. The van der Waals surface area contributed by atoms with Gasteiger partial charge in [0.2, 0.25) is 5.91 Å². The van der Waals surface area contributed by atoms with Crippen LogP contribution in [0.15, 0.2) is 17.2 Å². The molecule has 0 saturated heterocycles. The van der Waals surface area contributed by atoms with E-state index in [2.05, 4.69) is 10.5 Å². The van der Waals surface area contributed by atoms with Gasteiger partial charge < -0.3 is 0 Å². The van der Waals surface area contributed by atoms with Crippen LogP contribution >= 0.6 is 11.3 Å². The largest absolute Gasteiger partial charge is 0.324 e. The van der Waals surface area contributed by atoms with E-state index in [9.17, 15) is 14.9 Å². The van der Waals surface area contributed by atoms with Crippen molar-refractivity contribution >= 4 is 28.5 Å². The van der Waals surface area contributed by atoms with E-state index >= 15 is 0 Å². The van der Waals surface area contributed by atoms with Crippen molar-refractivity contribution in [1.29, 1.82) is 0 Å². The van der Waals surface area contributed by atoms with Gasteiger partial charge >= 0.3 is 5.00 Å². The van der Waals surface area contributed by atoms with Gasteiger partial charge in [-0.3, -0.25) is 14.9 Å². The van der Waals surface area contributed by atoms with Crippen molar-refractivity contribution in [3.8, 4) is 0 Å². The van der Waals surface area contributed by atoms with E-state index in [4.69, 9.17) is 0 Å². The predicted molar refractivity (Wildman–Crippen MR) is 87.3 cm³/mol. The molecule has 1 heterocycles. The molecular formula is C16H19N3O3S. The maximum Gasteiger partial charge on any atom is 0.324 e. The highest BCUT2D eigenvalue weighted by molar-refractivity contribution is 7.16. The van der Waals surface area contributed by atoms with Crippen molar-refractivity contribution in [1.82, 2.24) is 5.43 Å². The fourth-order valence-corrected chi connectivity index (χ4v) is 5.87. The monoisotopic (exact) mass is 333 g/mol. The van der Waals surface area contributed by atoms with E-state index in [-0.39, 0.29) is 16.3 Å². The summed E-state index contributed by atoms with van der Waals surface area (Å²) < 4.78 is 0. The lowest BCUT2D eigenvalue weighted by molar-refractivity contribution is -0.380. The number of rotatable bonds is 4. The molecule has 4 saturated carbocycles. The first-order valence-corrected chi connectivity index (χ1v) is 8.93. The molecule has 0 radical (unpaired) electrons. The number of nitro groups is 1. The Hall–Kier alpha value is -1.76. The van der Waals surface area contributed by atoms with Gasteiger partial charge in [-0.05, 0) is 62.3 Å². The van der Waals surface area contributed by atoms with E-state index in [1.54, 1.807) is 6.07 Å². The predicted octanol–water partition coefficient (Wildman–Crippen LogP) is 3.32. The van der Waals surface area contributed by atoms with Gasteiger partial charge in [0.15, 0.2) is 0 Å². The van der Waals surface area contributed by atoms with Crippen molar-refractivity contribution in [2.45, 2.75) is 38.5 Å². The van der Waals surface area contributed by atoms with Crippen LogP contribution in [0.4, 0.5) is 5.00 Å². The van der Waals surface area contributed by atoms with Gasteiger partial charge in [-0.25, -0.2) is 5.43 Å². The molecule has 4 aliphatic rings. The van der Waals surface area contributed by atoms with Gasteiger partial charge in [0.05, 0.1) is 21.4 Å². The van der Waals surface area contributed by atoms with E-state index in [1.165, 1.54) is 31.5 Å². The van der Waals surface area contributed by atoms with Gasteiger partial charge in [-0.15, -0.1) is 0 Å². The van der Waals surface area contributed by atoms with Crippen LogP contribution in [0.25, 0.3) is 0 Å². The molecule has 0 aliphatic heterocycles. The zero-order valence-corrected chi connectivity index (χ0v) is 13.6. The minimum Gasteiger partial charge on any atom is -0.273 e.